The van der Waals surface area contributed by atoms with E-state index in [-0.39, 0.29) is 17.9 Å². The summed E-state index contributed by atoms with van der Waals surface area (Å²) >= 11 is 0. The molecule has 0 aromatic rings. The second-order valence-electron chi connectivity index (χ2n) is 5.15. The lowest BCUT2D eigenvalue weighted by molar-refractivity contribution is -0.135. The van der Waals surface area contributed by atoms with E-state index in [0.717, 1.165) is 17.3 Å². The first-order valence-electron chi connectivity index (χ1n) is 5.59. The van der Waals surface area contributed by atoms with Crippen LogP contribution in [0.15, 0.2) is 0 Å². The molecule has 0 bridgehead atoms. The molecule has 1 N–H and O–H groups in total. The van der Waals surface area contributed by atoms with Crippen LogP contribution in [0.4, 0.5) is 0 Å². The van der Waals surface area contributed by atoms with E-state index < -0.39 is 14.8 Å². The summed E-state index contributed by atoms with van der Waals surface area (Å²) in [4.78, 5) is 11.9. The van der Waals surface area contributed by atoms with Gasteiger partial charge in [0.2, 0.25) is 0 Å². The fourth-order valence-corrected chi connectivity index (χ4v) is 4.07. The van der Waals surface area contributed by atoms with Crippen LogP contribution in [0.3, 0.4) is 0 Å². The molecule has 2 heterocycles. The number of nitrogens with one attached hydrogen (secondary N) is 1. The number of hydrogen-bond donors (Lipinski definition) is 1. The number of piperidine rings is 1. The first kappa shape index (κ1) is 11.9. The zero-order chi connectivity index (χ0) is 12.1. The Kier molecular flexibility index (Phi) is 2.54. The van der Waals surface area contributed by atoms with Crippen molar-refractivity contribution in [1.82, 2.24) is 9.62 Å². The third-order valence-corrected chi connectivity index (χ3v) is 6.13. The summed E-state index contributed by atoms with van der Waals surface area (Å²) in [5.74, 6) is -0.0378. The van der Waals surface area contributed by atoms with Gasteiger partial charge in [-0.3, -0.25) is 4.79 Å². The fraction of sp³-hybridized carbons (Fsp3) is 0.900. The Bertz CT molecular complexity index is 416. The molecule has 2 atom stereocenters. The quantitative estimate of drug-likeness (QED) is 0.703. The van der Waals surface area contributed by atoms with E-state index in [9.17, 15) is 13.2 Å². The summed E-state index contributed by atoms with van der Waals surface area (Å²) in [7, 11) is -3.44. The highest BCUT2D eigenvalue weighted by atomic mass is 32.2. The Labute approximate surface area is 96.2 Å². The van der Waals surface area contributed by atoms with Gasteiger partial charge in [0, 0.05) is 6.54 Å². The van der Waals surface area contributed by atoms with E-state index in [1.807, 2.05) is 6.92 Å². The van der Waals surface area contributed by atoms with Crippen molar-refractivity contribution < 1.29 is 13.2 Å². The van der Waals surface area contributed by atoms with Gasteiger partial charge in [0.25, 0.3) is 15.9 Å². The minimum absolute atomic E-state index is 0.209. The van der Waals surface area contributed by atoms with Crippen molar-refractivity contribution in [3.63, 3.8) is 0 Å². The summed E-state index contributed by atoms with van der Waals surface area (Å²) in [5.41, 5.74) is 0. The first-order chi connectivity index (χ1) is 7.30. The molecule has 2 rings (SSSR count). The molecule has 2 aliphatic heterocycles. The van der Waals surface area contributed by atoms with Crippen molar-refractivity contribution in [2.45, 2.75) is 38.0 Å². The zero-order valence-electron chi connectivity index (χ0n) is 9.86. The minimum Gasteiger partial charge on any atom is -0.315 e. The topological polar surface area (TPSA) is 66.5 Å². The summed E-state index contributed by atoms with van der Waals surface area (Å²) < 4.78 is 23.9. The number of rotatable bonds is 1. The first-order valence-corrected chi connectivity index (χ1v) is 7.03. The molecule has 2 aliphatic rings. The van der Waals surface area contributed by atoms with Gasteiger partial charge in [0.1, 0.15) is 0 Å². The Morgan fingerprint density at radius 3 is 2.56 bits per heavy atom. The summed E-state index contributed by atoms with van der Waals surface area (Å²) in [6, 6.07) is -0.209. The standard InChI is InChI=1S/C10H18N2O3S/c1-7-4-5-11-6-8(7)12-9(13)10(2,3)16(12,14)15/h7-8,11H,4-6H2,1-3H3. The molecule has 6 heteroatoms. The minimum atomic E-state index is -3.44. The van der Waals surface area contributed by atoms with E-state index >= 15 is 0 Å². The maximum Gasteiger partial charge on any atom is 0.259 e. The van der Waals surface area contributed by atoms with Crippen LogP contribution in [0.2, 0.25) is 0 Å². The maximum absolute atomic E-state index is 12.0. The van der Waals surface area contributed by atoms with Crippen LogP contribution in [-0.2, 0) is 14.8 Å². The molecule has 0 radical (unpaired) electrons. The van der Waals surface area contributed by atoms with Crippen molar-refractivity contribution in [3.8, 4) is 0 Å². The number of nitrogens with zero attached hydrogens (tertiary/aromatic N) is 1. The molecule has 2 unspecified atom stereocenters. The van der Waals surface area contributed by atoms with E-state index in [2.05, 4.69) is 5.32 Å². The van der Waals surface area contributed by atoms with Gasteiger partial charge in [-0.1, -0.05) is 6.92 Å². The fourth-order valence-electron chi connectivity index (χ4n) is 2.31. The average molecular weight is 246 g/mol. The van der Waals surface area contributed by atoms with Crippen molar-refractivity contribution in [1.29, 1.82) is 0 Å². The third-order valence-electron chi connectivity index (χ3n) is 3.71. The Balaban J connectivity index is 2.27. The number of carbonyl (C=O) groups is 1. The highest BCUT2D eigenvalue weighted by Crippen LogP contribution is 2.39. The predicted molar refractivity (Wildman–Crippen MR) is 60.3 cm³/mol. The third kappa shape index (κ3) is 1.32. The number of sulfonamides is 1. The van der Waals surface area contributed by atoms with Gasteiger partial charge >= 0.3 is 0 Å². The molecule has 1 amide bonds. The number of amides is 1. The lowest BCUT2D eigenvalue weighted by atomic mass is 9.94. The summed E-state index contributed by atoms with van der Waals surface area (Å²) in [5, 5.41) is 3.14. The van der Waals surface area contributed by atoms with E-state index in [1.165, 1.54) is 13.8 Å². The monoisotopic (exact) mass is 246 g/mol. The second kappa shape index (κ2) is 3.43. The van der Waals surface area contributed by atoms with Crippen LogP contribution in [0.1, 0.15) is 27.2 Å². The molecule has 2 fully saturated rings. The van der Waals surface area contributed by atoms with Crippen LogP contribution in [0.5, 0.6) is 0 Å². The number of hydrogen-bond acceptors (Lipinski definition) is 4. The Hall–Kier alpha value is -0.620. The summed E-state index contributed by atoms with van der Waals surface area (Å²) in [6.45, 7) is 6.41. The molecule has 92 valence electrons. The van der Waals surface area contributed by atoms with Gasteiger partial charge in [0.05, 0.1) is 6.04 Å². The van der Waals surface area contributed by atoms with Gasteiger partial charge in [-0.15, -0.1) is 0 Å². The molecule has 5 nitrogen and oxygen atoms in total. The molecule has 0 saturated carbocycles. The molecule has 0 aliphatic carbocycles. The highest BCUT2D eigenvalue weighted by molar-refractivity contribution is 7.94. The predicted octanol–water partition coefficient (Wildman–Crippen LogP) is -0.0650. The molecular weight excluding hydrogens is 228 g/mol. The summed E-state index contributed by atoms with van der Waals surface area (Å²) in [6.07, 6.45) is 0.907. The lowest BCUT2D eigenvalue weighted by Gasteiger charge is -2.49. The molecule has 0 aromatic heterocycles. The van der Waals surface area contributed by atoms with Crippen LogP contribution in [-0.4, -0.2) is 42.5 Å². The van der Waals surface area contributed by atoms with Gasteiger partial charge < -0.3 is 5.32 Å². The molecular formula is C10H18N2O3S. The van der Waals surface area contributed by atoms with Crippen LogP contribution in [0.25, 0.3) is 0 Å². The molecule has 16 heavy (non-hydrogen) atoms. The SMILES string of the molecule is CC1CCNCC1N1C(=O)C(C)(C)S1(=O)=O. The Morgan fingerprint density at radius 1 is 1.44 bits per heavy atom. The molecule has 0 spiro atoms. The molecule has 0 aromatic carbocycles. The second-order valence-corrected chi connectivity index (χ2v) is 7.52. The van der Waals surface area contributed by atoms with Crippen molar-refractivity contribution in [3.05, 3.63) is 0 Å². The van der Waals surface area contributed by atoms with E-state index in [1.54, 1.807) is 0 Å². The van der Waals surface area contributed by atoms with Gasteiger partial charge in [-0.05, 0) is 32.7 Å². The zero-order valence-corrected chi connectivity index (χ0v) is 10.7. The van der Waals surface area contributed by atoms with Crippen LogP contribution in [0, 0.1) is 5.92 Å². The van der Waals surface area contributed by atoms with Crippen molar-refractivity contribution >= 4 is 15.9 Å². The lowest BCUT2D eigenvalue weighted by Crippen LogP contribution is -2.72. The van der Waals surface area contributed by atoms with Gasteiger partial charge in [-0.2, -0.15) is 0 Å². The van der Waals surface area contributed by atoms with E-state index in [0.29, 0.717) is 6.54 Å². The maximum atomic E-state index is 12.0. The smallest absolute Gasteiger partial charge is 0.259 e. The van der Waals surface area contributed by atoms with E-state index in [4.69, 9.17) is 0 Å². The van der Waals surface area contributed by atoms with Gasteiger partial charge in [0.15, 0.2) is 4.75 Å². The average Bonchev–Trinajstić information content (AvgIpc) is 2.20. The molecule has 2 saturated heterocycles. The largest absolute Gasteiger partial charge is 0.315 e. The normalized spacial score (nSPS) is 36.9. The Morgan fingerprint density at radius 2 is 2.06 bits per heavy atom. The number of carbonyl (C=O) groups excluding carboxylic acids is 1. The van der Waals surface area contributed by atoms with Gasteiger partial charge in [-0.25, -0.2) is 12.7 Å². The van der Waals surface area contributed by atoms with Crippen LogP contribution < -0.4 is 5.32 Å². The highest BCUT2D eigenvalue weighted by Gasteiger charge is 2.62. The van der Waals surface area contributed by atoms with Crippen molar-refractivity contribution in [2.75, 3.05) is 13.1 Å². The van der Waals surface area contributed by atoms with Crippen molar-refractivity contribution in [2.24, 2.45) is 5.92 Å². The van der Waals surface area contributed by atoms with Crippen LogP contribution >= 0.6 is 0 Å².